The van der Waals surface area contributed by atoms with Gasteiger partial charge < -0.3 is 9.47 Å². The number of carbonyl (C=O) groups excluding carboxylic acids is 1. The van der Waals surface area contributed by atoms with Gasteiger partial charge in [0.2, 0.25) is 5.60 Å². The molecule has 7 heteroatoms. The van der Waals surface area contributed by atoms with Crippen LogP contribution in [0.5, 0.6) is 11.5 Å². The van der Waals surface area contributed by atoms with Crippen LogP contribution in [0.4, 0.5) is 0 Å². The summed E-state index contributed by atoms with van der Waals surface area (Å²) in [6.07, 6.45) is 0. The van der Waals surface area contributed by atoms with E-state index in [1.54, 1.807) is 70.9 Å². The van der Waals surface area contributed by atoms with Crippen LogP contribution in [0, 0.1) is 3.82 Å². The van der Waals surface area contributed by atoms with Gasteiger partial charge in [0.05, 0.1) is 0 Å². The summed E-state index contributed by atoms with van der Waals surface area (Å²) >= 11 is 11.0. The molecule has 1 aromatic heterocycles. The van der Waals surface area contributed by atoms with Gasteiger partial charge in [-0.3, -0.25) is 0 Å². The Morgan fingerprint density at radius 1 is 1.00 bits per heavy atom. The smallest absolute Gasteiger partial charge is 0.355 e. The lowest BCUT2D eigenvalue weighted by molar-refractivity contribution is -0.149. The number of carbonyl (C=O) groups is 1. The summed E-state index contributed by atoms with van der Waals surface area (Å²) in [6.45, 7) is 3.33. The molecule has 0 aliphatic carbocycles. The summed E-state index contributed by atoms with van der Waals surface area (Å²) in [7, 11) is 3.19. The highest BCUT2D eigenvalue weighted by molar-refractivity contribution is 7.80. The van der Waals surface area contributed by atoms with E-state index in [-0.39, 0.29) is 0 Å². The second-order valence-corrected chi connectivity index (χ2v) is 9.32. The van der Waals surface area contributed by atoms with E-state index >= 15 is 0 Å². The summed E-state index contributed by atoms with van der Waals surface area (Å²) in [5.41, 5.74) is -0.0991. The lowest BCUT2D eigenvalue weighted by Crippen LogP contribution is -2.41. The third-order valence-electron chi connectivity index (χ3n) is 3.49. The van der Waals surface area contributed by atoms with Crippen molar-refractivity contribution in [3.63, 3.8) is 0 Å². The van der Waals surface area contributed by atoms with E-state index in [0.29, 0.717) is 16.5 Å². The van der Waals surface area contributed by atoms with E-state index in [1.807, 2.05) is 18.2 Å². The summed E-state index contributed by atoms with van der Waals surface area (Å²) in [5.74, 6) is 0.530. The second-order valence-electron chi connectivity index (χ2n) is 5.97. The maximum Gasteiger partial charge on any atom is 0.355 e. The Balaban J connectivity index is 1.68. The van der Waals surface area contributed by atoms with Crippen LogP contribution in [0.3, 0.4) is 0 Å². The number of hydrogen-bond acceptors (Lipinski definition) is 6. The fourth-order valence-corrected chi connectivity index (χ4v) is 4.66. The van der Waals surface area contributed by atoms with Crippen molar-refractivity contribution in [2.75, 3.05) is 0 Å². The molecule has 0 amide bonds. The number of esters is 1. The lowest BCUT2D eigenvalue weighted by atomic mass is 10.1. The Labute approximate surface area is 169 Å². The van der Waals surface area contributed by atoms with E-state index < -0.39 is 11.6 Å². The molecule has 0 fully saturated rings. The maximum absolute atomic E-state index is 12.5. The standard InChI is InChI=1S/C19H15ClO3S3/c1-19(2,23-15-9-5-13(20)6-10-15)18(21)22-14-7-3-12(4-8-14)16-11-17(24)26-25-16/h3-11H,1-2H3. The topological polar surface area (TPSA) is 35.5 Å². The number of rotatable bonds is 5. The number of hydrogen-bond donors (Lipinski definition) is 0. The van der Waals surface area contributed by atoms with Crippen LogP contribution >= 0.6 is 44.5 Å². The van der Waals surface area contributed by atoms with Gasteiger partial charge in [-0.05, 0) is 74.0 Å². The van der Waals surface area contributed by atoms with Crippen LogP contribution in [0.2, 0.25) is 5.02 Å². The SMILES string of the molecule is CC(C)(Oc1ccc(Cl)cc1)C(=O)Oc1ccc(-c2cc(=S)ss2)cc1. The molecule has 0 saturated carbocycles. The molecule has 134 valence electrons. The number of halogens is 1. The normalized spacial score (nSPS) is 11.2. The number of benzene rings is 2. The fraction of sp³-hybridized carbons (Fsp3) is 0.158. The highest BCUT2D eigenvalue weighted by atomic mass is 35.5. The fourth-order valence-electron chi connectivity index (χ4n) is 2.13. The molecule has 0 atom stereocenters. The average Bonchev–Trinajstić information content (AvgIpc) is 3.04. The Morgan fingerprint density at radius 3 is 2.19 bits per heavy atom. The highest BCUT2D eigenvalue weighted by Gasteiger charge is 2.32. The van der Waals surface area contributed by atoms with Crippen molar-refractivity contribution in [2.45, 2.75) is 19.4 Å². The zero-order valence-corrected chi connectivity index (χ0v) is 17.2. The van der Waals surface area contributed by atoms with Gasteiger partial charge in [-0.15, -0.1) is 0 Å². The minimum Gasteiger partial charge on any atom is -0.476 e. The van der Waals surface area contributed by atoms with Crippen molar-refractivity contribution in [3.05, 3.63) is 63.4 Å². The van der Waals surface area contributed by atoms with Crippen LogP contribution in [-0.2, 0) is 4.79 Å². The first-order chi connectivity index (χ1) is 12.3. The van der Waals surface area contributed by atoms with Gasteiger partial charge in [-0.2, -0.15) is 0 Å². The van der Waals surface area contributed by atoms with Crippen molar-refractivity contribution < 1.29 is 14.3 Å². The van der Waals surface area contributed by atoms with Gasteiger partial charge in [0.1, 0.15) is 15.3 Å². The number of ether oxygens (including phenoxy) is 2. The summed E-state index contributed by atoms with van der Waals surface area (Å²) in [6, 6.07) is 16.1. The second kappa shape index (κ2) is 7.88. The van der Waals surface area contributed by atoms with E-state index in [9.17, 15) is 4.79 Å². The van der Waals surface area contributed by atoms with Gasteiger partial charge in [-0.1, -0.05) is 44.5 Å². The summed E-state index contributed by atoms with van der Waals surface area (Å²) in [5, 5.41) is 0.604. The van der Waals surface area contributed by atoms with Crippen molar-refractivity contribution in [2.24, 2.45) is 0 Å². The Morgan fingerprint density at radius 2 is 1.62 bits per heavy atom. The summed E-state index contributed by atoms with van der Waals surface area (Å²) in [4.78, 5) is 13.6. The monoisotopic (exact) mass is 422 g/mol. The van der Waals surface area contributed by atoms with Gasteiger partial charge in [0, 0.05) is 9.90 Å². The zero-order chi connectivity index (χ0) is 18.7. The third-order valence-corrected chi connectivity index (χ3v) is 6.65. The Bertz CT molecular complexity index is 957. The first-order valence-electron chi connectivity index (χ1n) is 7.71. The van der Waals surface area contributed by atoms with E-state index in [4.69, 9.17) is 33.3 Å². The van der Waals surface area contributed by atoms with E-state index in [0.717, 1.165) is 14.3 Å². The molecule has 0 aliphatic heterocycles. The van der Waals surface area contributed by atoms with Crippen LogP contribution in [0.25, 0.3) is 10.4 Å². The third kappa shape index (κ3) is 4.71. The van der Waals surface area contributed by atoms with Gasteiger partial charge in [0.25, 0.3) is 0 Å². The molecule has 3 nitrogen and oxygen atoms in total. The predicted octanol–water partition coefficient (Wildman–Crippen LogP) is 6.62. The minimum absolute atomic E-state index is 0.463. The molecule has 1 heterocycles. The molecule has 0 spiro atoms. The van der Waals surface area contributed by atoms with Crippen molar-refractivity contribution in [3.8, 4) is 21.9 Å². The molecule has 0 bridgehead atoms. The van der Waals surface area contributed by atoms with Gasteiger partial charge in [-0.25, -0.2) is 4.79 Å². The largest absolute Gasteiger partial charge is 0.476 e. The van der Waals surface area contributed by atoms with E-state index in [2.05, 4.69) is 0 Å². The first-order valence-corrected chi connectivity index (χ1v) is 10.6. The Hall–Kier alpha value is -1.73. The molecule has 0 N–H and O–H groups in total. The maximum atomic E-state index is 12.5. The molecule has 26 heavy (non-hydrogen) atoms. The molecule has 0 radical (unpaired) electrons. The molecular weight excluding hydrogens is 408 g/mol. The van der Waals surface area contributed by atoms with E-state index in [1.165, 1.54) is 0 Å². The van der Waals surface area contributed by atoms with Crippen LogP contribution in [-0.4, -0.2) is 11.6 Å². The molecule has 3 aromatic rings. The lowest BCUT2D eigenvalue weighted by Gasteiger charge is -2.24. The van der Waals surface area contributed by atoms with Crippen molar-refractivity contribution in [1.82, 2.24) is 0 Å². The van der Waals surface area contributed by atoms with Gasteiger partial charge in [0.15, 0.2) is 0 Å². The summed E-state index contributed by atoms with van der Waals surface area (Å²) < 4.78 is 12.1. The van der Waals surface area contributed by atoms with Crippen molar-refractivity contribution >= 4 is 50.5 Å². The average molecular weight is 423 g/mol. The zero-order valence-electron chi connectivity index (χ0n) is 14.0. The van der Waals surface area contributed by atoms with Crippen LogP contribution < -0.4 is 9.47 Å². The molecule has 2 aromatic carbocycles. The van der Waals surface area contributed by atoms with Crippen LogP contribution in [0.15, 0.2) is 54.6 Å². The first kappa shape index (κ1) is 19.0. The van der Waals surface area contributed by atoms with Crippen molar-refractivity contribution in [1.29, 1.82) is 0 Å². The molecule has 0 unspecified atom stereocenters. The predicted molar refractivity (Wildman–Crippen MR) is 110 cm³/mol. The Kier molecular flexibility index (Phi) is 5.77. The highest BCUT2D eigenvalue weighted by Crippen LogP contribution is 2.31. The molecular formula is C19H15ClO3S3. The molecule has 3 rings (SSSR count). The van der Waals surface area contributed by atoms with Crippen LogP contribution in [0.1, 0.15) is 13.8 Å². The van der Waals surface area contributed by atoms with Gasteiger partial charge >= 0.3 is 5.97 Å². The minimum atomic E-state index is -1.14. The quantitative estimate of drug-likeness (QED) is 0.200. The molecule has 0 aliphatic rings. The molecule has 0 saturated heterocycles.